The first kappa shape index (κ1) is 25.0. The summed E-state index contributed by atoms with van der Waals surface area (Å²) >= 11 is 0. The summed E-state index contributed by atoms with van der Waals surface area (Å²) in [5, 5.41) is 9.33. The van der Waals surface area contributed by atoms with Crippen molar-refractivity contribution in [1.29, 1.82) is 0 Å². The molecule has 0 radical (unpaired) electrons. The maximum absolute atomic E-state index is 13.2. The Kier molecular flexibility index (Phi) is 7.35. The number of carboxylic acids is 1. The van der Waals surface area contributed by atoms with Crippen LogP contribution in [0, 0.1) is 13.8 Å². The van der Waals surface area contributed by atoms with Gasteiger partial charge in [-0.25, -0.2) is 21.6 Å². The monoisotopic (exact) mass is 496 g/mol. The predicted molar refractivity (Wildman–Crippen MR) is 124 cm³/mol. The van der Waals surface area contributed by atoms with Crippen molar-refractivity contribution in [2.45, 2.75) is 49.3 Å². The van der Waals surface area contributed by atoms with Crippen LogP contribution in [0.3, 0.4) is 0 Å². The third kappa shape index (κ3) is 5.31. The largest absolute Gasteiger partial charge is 0.495 e. The number of hydrogen-bond acceptors (Lipinski definition) is 6. The van der Waals surface area contributed by atoms with Crippen LogP contribution in [0.1, 0.15) is 47.2 Å². The highest BCUT2D eigenvalue weighted by Gasteiger charge is 2.28. The standard InChI is InChI=1S/C22H28N2O7S2/c1-15-12-17(22(25)26)13-21(16(15)2)32(27,28)23-19-14-18(8-9-20(19)31-3)33(29,30)24-10-6-4-5-7-11-24/h8-9,12-14,23H,4-7,10-11H2,1-3H3,(H,25,26). The average Bonchev–Trinajstić information content (AvgIpc) is 3.05. The number of ether oxygens (including phenoxy) is 1. The van der Waals surface area contributed by atoms with Crippen LogP contribution in [0.25, 0.3) is 0 Å². The number of nitrogens with one attached hydrogen (secondary N) is 1. The lowest BCUT2D eigenvalue weighted by atomic mass is 10.1. The number of hydrogen-bond donors (Lipinski definition) is 2. The maximum Gasteiger partial charge on any atom is 0.335 e. The molecule has 0 amide bonds. The number of carbonyl (C=O) groups is 1. The highest BCUT2D eigenvalue weighted by atomic mass is 32.2. The first-order chi connectivity index (χ1) is 15.5. The van der Waals surface area contributed by atoms with Gasteiger partial charge >= 0.3 is 5.97 Å². The molecule has 0 bridgehead atoms. The van der Waals surface area contributed by atoms with Gasteiger partial charge in [0, 0.05) is 13.1 Å². The van der Waals surface area contributed by atoms with Crippen molar-refractivity contribution in [2.75, 3.05) is 24.9 Å². The summed E-state index contributed by atoms with van der Waals surface area (Å²) in [6.45, 7) is 4.02. The SMILES string of the molecule is COc1ccc(S(=O)(=O)N2CCCCCC2)cc1NS(=O)(=O)c1cc(C(=O)O)cc(C)c1C. The van der Waals surface area contributed by atoms with E-state index in [0.717, 1.165) is 31.7 Å². The molecule has 180 valence electrons. The molecule has 2 aromatic rings. The van der Waals surface area contributed by atoms with E-state index in [1.54, 1.807) is 13.8 Å². The minimum atomic E-state index is -4.25. The van der Waals surface area contributed by atoms with Crippen LogP contribution >= 0.6 is 0 Å². The van der Waals surface area contributed by atoms with Crippen molar-refractivity contribution in [1.82, 2.24) is 4.31 Å². The molecule has 1 fully saturated rings. The van der Waals surface area contributed by atoms with Gasteiger partial charge < -0.3 is 9.84 Å². The molecule has 3 rings (SSSR count). The van der Waals surface area contributed by atoms with Gasteiger partial charge in [-0.2, -0.15) is 4.31 Å². The molecule has 33 heavy (non-hydrogen) atoms. The van der Waals surface area contributed by atoms with Crippen LogP contribution in [-0.4, -0.2) is 52.4 Å². The number of anilines is 1. The van der Waals surface area contributed by atoms with Crippen molar-refractivity contribution in [2.24, 2.45) is 0 Å². The Hall–Kier alpha value is -2.63. The van der Waals surface area contributed by atoms with Gasteiger partial charge in [-0.05, 0) is 68.1 Å². The van der Waals surface area contributed by atoms with E-state index in [-0.39, 0.29) is 26.8 Å². The number of aryl methyl sites for hydroxylation is 1. The van der Waals surface area contributed by atoms with E-state index in [2.05, 4.69) is 4.72 Å². The number of rotatable bonds is 7. The number of nitrogens with zero attached hydrogens (tertiary/aromatic N) is 1. The quantitative estimate of drug-likeness (QED) is 0.601. The third-order valence-electron chi connectivity index (χ3n) is 5.77. The number of benzene rings is 2. The fraction of sp³-hybridized carbons (Fsp3) is 0.409. The summed E-state index contributed by atoms with van der Waals surface area (Å²) in [5.41, 5.74) is 0.675. The van der Waals surface area contributed by atoms with Gasteiger partial charge in [0.15, 0.2) is 0 Å². The lowest BCUT2D eigenvalue weighted by Gasteiger charge is -2.21. The van der Waals surface area contributed by atoms with Gasteiger partial charge in [-0.1, -0.05) is 12.8 Å². The average molecular weight is 497 g/mol. The number of aromatic carboxylic acids is 1. The van der Waals surface area contributed by atoms with Crippen LogP contribution in [0.15, 0.2) is 40.1 Å². The molecule has 11 heteroatoms. The Bertz CT molecular complexity index is 1260. The topological polar surface area (TPSA) is 130 Å². The van der Waals surface area contributed by atoms with E-state index in [1.807, 2.05) is 0 Å². The smallest absolute Gasteiger partial charge is 0.335 e. The van der Waals surface area contributed by atoms with Gasteiger partial charge in [-0.15, -0.1) is 0 Å². The third-order valence-corrected chi connectivity index (χ3v) is 9.16. The minimum absolute atomic E-state index is 0.0462. The molecule has 9 nitrogen and oxygen atoms in total. The lowest BCUT2D eigenvalue weighted by Crippen LogP contribution is -2.32. The number of carboxylic acid groups (broad SMARTS) is 1. The normalized spacial score (nSPS) is 15.6. The Morgan fingerprint density at radius 1 is 1.00 bits per heavy atom. The first-order valence-corrected chi connectivity index (χ1v) is 13.5. The van der Waals surface area contributed by atoms with Crippen molar-refractivity contribution in [3.63, 3.8) is 0 Å². The summed E-state index contributed by atoms with van der Waals surface area (Å²) < 4.78 is 61.8. The summed E-state index contributed by atoms with van der Waals surface area (Å²) in [7, 11) is -6.73. The molecule has 1 aliphatic rings. The Morgan fingerprint density at radius 2 is 1.64 bits per heavy atom. The minimum Gasteiger partial charge on any atom is -0.495 e. The summed E-state index contributed by atoms with van der Waals surface area (Å²) in [4.78, 5) is 11.2. The second-order valence-corrected chi connectivity index (χ2v) is 11.6. The van der Waals surface area contributed by atoms with Crippen LogP contribution in [0.4, 0.5) is 5.69 Å². The van der Waals surface area contributed by atoms with Crippen LogP contribution in [0.2, 0.25) is 0 Å². The van der Waals surface area contributed by atoms with E-state index in [1.165, 1.54) is 35.7 Å². The molecule has 0 saturated carbocycles. The van der Waals surface area contributed by atoms with E-state index in [9.17, 15) is 26.7 Å². The van der Waals surface area contributed by atoms with E-state index in [0.29, 0.717) is 24.2 Å². The zero-order valence-electron chi connectivity index (χ0n) is 18.8. The van der Waals surface area contributed by atoms with Gasteiger partial charge in [0.05, 0.1) is 28.2 Å². The fourth-order valence-corrected chi connectivity index (χ4v) is 6.74. The second-order valence-electron chi connectivity index (χ2n) is 8.01. The molecular formula is C22H28N2O7S2. The first-order valence-electron chi connectivity index (χ1n) is 10.5. The molecule has 0 aliphatic carbocycles. The Morgan fingerprint density at radius 3 is 2.21 bits per heavy atom. The highest BCUT2D eigenvalue weighted by molar-refractivity contribution is 7.92. The predicted octanol–water partition coefficient (Wildman–Crippen LogP) is 3.38. The Labute approximate surface area is 194 Å². The van der Waals surface area contributed by atoms with E-state index in [4.69, 9.17) is 4.74 Å². The van der Waals surface area contributed by atoms with Crippen molar-refractivity contribution in [3.05, 3.63) is 47.0 Å². The molecule has 1 aliphatic heterocycles. The van der Waals surface area contributed by atoms with Gasteiger partial charge in [-0.3, -0.25) is 4.72 Å². The van der Waals surface area contributed by atoms with Crippen molar-refractivity contribution >= 4 is 31.7 Å². The number of sulfonamides is 2. The van der Waals surface area contributed by atoms with Crippen molar-refractivity contribution < 1.29 is 31.5 Å². The molecule has 0 aromatic heterocycles. The van der Waals surface area contributed by atoms with Gasteiger partial charge in [0.25, 0.3) is 10.0 Å². The van der Waals surface area contributed by atoms with Gasteiger partial charge in [0.1, 0.15) is 5.75 Å². The van der Waals surface area contributed by atoms with E-state index < -0.39 is 26.0 Å². The molecule has 0 unspecified atom stereocenters. The molecule has 1 heterocycles. The number of methoxy groups -OCH3 is 1. The lowest BCUT2D eigenvalue weighted by molar-refractivity contribution is 0.0696. The molecular weight excluding hydrogens is 468 g/mol. The summed E-state index contributed by atoms with van der Waals surface area (Å²) in [6, 6.07) is 6.49. The highest BCUT2D eigenvalue weighted by Crippen LogP contribution is 2.32. The molecule has 0 spiro atoms. The second kappa shape index (κ2) is 9.70. The Balaban J connectivity index is 2.04. The fourth-order valence-electron chi connectivity index (χ4n) is 3.79. The maximum atomic E-state index is 13.2. The summed E-state index contributed by atoms with van der Waals surface area (Å²) in [5.74, 6) is -1.12. The molecule has 2 aromatic carbocycles. The van der Waals surface area contributed by atoms with Crippen LogP contribution in [-0.2, 0) is 20.0 Å². The molecule has 0 atom stereocenters. The van der Waals surface area contributed by atoms with Crippen LogP contribution < -0.4 is 9.46 Å². The van der Waals surface area contributed by atoms with Crippen molar-refractivity contribution in [3.8, 4) is 5.75 Å². The zero-order chi connectivity index (χ0) is 24.4. The van der Waals surface area contributed by atoms with Gasteiger partial charge in [0.2, 0.25) is 10.0 Å². The van der Waals surface area contributed by atoms with E-state index >= 15 is 0 Å². The van der Waals surface area contributed by atoms with Crippen LogP contribution in [0.5, 0.6) is 5.75 Å². The zero-order valence-corrected chi connectivity index (χ0v) is 20.4. The summed E-state index contributed by atoms with van der Waals surface area (Å²) in [6.07, 6.45) is 3.47. The molecule has 1 saturated heterocycles. The molecule has 2 N–H and O–H groups in total.